The van der Waals surface area contributed by atoms with Gasteiger partial charge in [-0.3, -0.25) is 4.79 Å². The SMILES string of the molecule is Cc1cc(Cl)nc(CN2C(=O)CCOc3ccccc32)n1. The summed E-state index contributed by atoms with van der Waals surface area (Å²) in [5.74, 6) is 1.20. The Kier molecular flexibility index (Phi) is 3.75. The monoisotopic (exact) mass is 303 g/mol. The van der Waals surface area contributed by atoms with Gasteiger partial charge in [-0.15, -0.1) is 0 Å². The number of amides is 1. The lowest BCUT2D eigenvalue weighted by Crippen LogP contribution is -2.30. The Labute approximate surface area is 127 Å². The number of aryl methyl sites for hydroxylation is 1. The molecule has 1 aliphatic rings. The quantitative estimate of drug-likeness (QED) is 0.801. The second-order valence-electron chi connectivity index (χ2n) is 4.79. The van der Waals surface area contributed by atoms with Gasteiger partial charge in [0.25, 0.3) is 0 Å². The highest BCUT2D eigenvalue weighted by molar-refractivity contribution is 6.29. The molecule has 21 heavy (non-hydrogen) atoms. The minimum Gasteiger partial charge on any atom is -0.491 e. The lowest BCUT2D eigenvalue weighted by atomic mass is 10.2. The van der Waals surface area contributed by atoms with Crippen molar-refractivity contribution in [1.82, 2.24) is 9.97 Å². The fourth-order valence-electron chi connectivity index (χ4n) is 2.29. The molecule has 108 valence electrons. The van der Waals surface area contributed by atoms with E-state index in [4.69, 9.17) is 16.3 Å². The molecule has 1 aromatic heterocycles. The van der Waals surface area contributed by atoms with Crippen molar-refractivity contribution in [2.24, 2.45) is 0 Å². The van der Waals surface area contributed by atoms with Crippen LogP contribution in [0.25, 0.3) is 0 Å². The number of halogens is 1. The predicted octanol–water partition coefficient (Wildman–Crippen LogP) is 2.75. The normalized spacial score (nSPS) is 14.4. The van der Waals surface area contributed by atoms with E-state index in [1.165, 1.54) is 0 Å². The molecule has 3 rings (SSSR count). The third kappa shape index (κ3) is 2.97. The molecular formula is C15H14ClN3O2. The highest BCUT2D eigenvalue weighted by Gasteiger charge is 2.24. The lowest BCUT2D eigenvalue weighted by molar-refractivity contribution is -0.118. The van der Waals surface area contributed by atoms with Gasteiger partial charge in [-0.2, -0.15) is 0 Å². The van der Waals surface area contributed by atoms with Crippen LogP contribution in [0.4, 0.5) is 5.69 Å². The van der Waals surface area contributed by atoms with E-state index >= 15 is 0 Å². The minimum atomic E-state index is -0.0128. The molecule has 5 nitrogen and oxygen atoms in total. The lowest BCUT2D eigenvalue weighted by Gasteiger charge is -2.21. The van der Waals surface area contributed by atoms with Gasteiger partial charge >= 0.3 is 0 Å². The molecule has 0 aliphatic carbocycles. The Morgan fingerprint density at radius 3 is 2.95 bits per heavy atom. The number of hydrogen-bond donors (Lipinski definition) is 0. The molecule has 2 heterocycles. The van der Waals surface area contributed by atoms with Crippen LogP contribution < -0.4 is 9.64 Å². The summed E-state index contributed by atoms with van der Waals surface area (Å²) in [7, 11) is 0. The number of para-hydroxylation sites is 2. The van der Waals surface area contributed by atoms with E-state index in [0.717, 1.165) is 11.4 Å². The van der Waals surface area contributed by atoms with Crippen LogP contribution in [0.3, 0.4) is 0 Å². The summed E-state index contributed by atoms with van der Waals surface area (Å²) in [4.78, 5) is 22.5. The van der Waals surface area contributed by atoms with Crippen molar-refractivity contribution in [2.75, 3.05) is 11.5 Å². The first-order valence-corrected chi connectivity index (χ1v) is 7.03. The van der Waals surface area contributed by atoms with Gasteiger partial charge in [-0.1, -0.05) is 23.7 Å². The molecule has 0 saturated carbocycles. The molecule has 1 amide bonds. The predicted molar refractivity (Wildman–Crippen MR) is 79.5 cm³/mol. The van der Waals surface area contributed by atoms with Crippen LogP contribution in [0.5, 0.6) is 5.75 Å². The zero-order chi connectivity index (χ0) is 14.8. The second kappa shape index (κ2) is 5.69. The van der Waals surface area contributed by atoms with Crippen molar-refractivity contribution < 1.29 is 9.53 Å². The first kappa shape index (κ1) is 13.8. The Bertz CT molecular complexity index is 670. The van der Waals surface area contributed by atoms with E-state index in [1.54, 1.807) is 11.0 Å². The van der Waals surface area contributed by atoms with Gasteiger partial charge in [0.15, 0.2) is 0 Å². The van der Waals surface area contributed by atoms with Crippen LogP contribution in [-0.4, -0.2) is 22.5 Å². The van der Waals surface area contributed by atoms with Crippen molar-refractivity contribution in [3.8, 4) is 5.75 Å². The summed E-state index contributed by atoms with van der Waals surface area (Å²) in [6.07, 6.45) is 0.328. The van der Waals surface area contributed by atoms with Crippen molar-refractivity contribution >= 4 is 23.2 Å². The van der Waals surface area contributed by atoms with E-state index in [9.17, 15) is 4.79 Å². The molecule has 1 aliphatic heterocycles. The number of hydrogen-bond acceptors (Lipinski definition) is 4. The highest BCUT2D eigenvalue weighted by Crippen LogP contribution is 2.31. The molecule has 0 unspecified atom stereocenters. The van der Waals surface area contributed by atoms with E-state index in [-0.39, 0.29) is 12.5 Å². The molecule has 0 saturated heterocycles. The third-order valence-corrected chi connectivity index (χ3v) is 3.39. The van der Waals surface area contributed by atoms with Crippen molar-refractivity contribution in [1.29, 1.82) is 0 Å². The fourth-order valence-corrected chi connectivity index (χ4v) is 2.55. The standard InChI is InChI=1S/C15H14ClN3O2/c1-10-8-13(16)18-14(17-10)9-19-11-4-2-3-5-12(11)21-7-6-15(19)20/h2-5,8H,6-7,9H2,1H3. The third-order valence-electron chi connectivity index (χ3n) is 3.20. The maximum Gasteiger partial charge on any atom is 0.230 e. The van der Waals surface area contributed by atoms with Crippen LogP contribution in [0.15, 0.2) is 30.3 Å². The topological polar surface area (TPSA) is 55.3 Å². The molecule has 6 heteroatoms. The number of ether oxygens (including phenoxy) is 1. The molecule has 0 atom stereocenters. The molecule has 0 N–H and O–H groups in total. The summed E-state index contributed by atoms with van der Waals surface area (Å²) in [6.45, 7) is 2.50. The average Bonchev–Trinajstić information content (AvgIpc) is 2.58. The maximum atomic E-state index is 12.3. The summed E-state index contributed by atoms with van der Waals surface area (Å²) < 4.78 is 5.60. The van der Waals surface area contributed by atoms with Crippen molar-refractivity contribution in [3.05, 3.63) is 47.0 Å². The van der Waals surface area contributed by atoms with Crippen LogP contribution in [0.1, 0.15) is 17.9 Å². The Morgan fingerprint density at radius 2 is 2.14 bits per heavy atom. The molecule has 0 spiro atoms. The van der Waals surface area contributed by atoms with Crippen molar-refractivity contribution in [2.45, 2.75) is 19.9 Å². The molecule has 0 radical (unpaired) electrons. The van der Waals surface area contributed by atoms with Crippen LogP contribution in [0.2, 0.25) is 5.15 Å². The van der Waals surface area contributed by atoms with Crippen LogP contribution >= 0.6 is 11.6 Å². The Morgan fingerprint density at radius 1 is 1.33 bits per heavy atom. The molecule has 2 aromatic rings. The maximum absolute atomic E-state index is 12.3. The zero-order valence-electron chi connectivity index (χ0n) is 11.5. The number of anilines is 1. The van der Waals surface area contributed by atoms with Gasteiger partial charge in [0, 0.05) is 5.69 Å². The van der Waals surface area contributed by atoms with E-state index in [2.05, 4.69) is 9.97 Å². The number of fused-ring (bicyclic) bond motifs is 1. The summed E-state index contributed by atoms with van der Waals surface area (Å²) in [6, 6.07) is 9.15. The van der Waals surface area contributed by atoms with Crippen LogP contribution in [0, 0.1) is 6.92 Å². The fraction of sp³-hybridized carbons (Fsp3) is 0.267. The van der Waals surface area contributed by atoms with E-state index < -0.39 is 0 Å². The molecular weight excluding hydrogens is 290 g/mol. The van der Waals surface area contributed by atoms with Crippen LogP contribution in [-0.2, 0) is 11.3 Å². The summed E-state index contributed by atoms with van der Waals surface area (Å²) in [5.41, 5.74) is 1.51. The highest BCUT2D eigenvalue weighted by atomic mass is 35.5. The van der Waals surface area contributed by atoms with Gasteiger partial charge in [0.1, 0.15) is 16.7 Å². The molecule has 0 bridgehead atoms. The number of benzene rings is 1. The Hall–Kier alpha value is -2.14. The number of carbonyl (C=O) groups excluding carboxylic acids is 1. The van der Waals surface area contributed by atoms with Gasteiger partial charge in [0.05, 0.1) is 25.3 Å². The number of nitrogens with zero attached hydrogens (tertiary/aromatic N) is 3. The largest absolute Gasteiger partial charge is 0.491 e. The zero-order valence-corrected chi connectivity index (χ0v) is 12.3. The average molecular weight is 304 g/mol. The number of aromatic nitrogens is 2. The van der Waals surface area contributed by atoms with Crippen molar-refractivity contribution in [3.63, 3.8) is 0 Å². The number of rotatable bonds is 2. The smallest absolute Gasteiger partial charge is 0.230 e. The first-order chi connectivity index (χ1) is 10.1. The number of carbonyl (C=O) groups is 1. The minimum absolute atomic E-state index is 0.0128. The first-order valence-electron chi connectivity index (χ1n) is 6.66. The summed E-state index contributed by atoms with van der Waals surface area (Å²) in [5, 5.41) is 0.379. The van der Waals surface area contributed by atoms with Gasteiger partial charge in [-0.25, -0.2) is 9.97 Å². The molecule has 0 fully saturated rings. The van der Waals surface area contributed by atoms with Gasteiger partial charge < -0.3 is 9.64 Å². The van der Waals surface area contributed by atoms with Gasteiger partial charge in [0.2, 0.25) is 5.91 Å². The summed E-state index contributed by atoms with van der Waals surface area (Å²) >= 11 is 5.96. The van der Waals surface area contributed by atoms with Gasteiger partial charge in [-0.05, 0) is 25.1 Å². The molecule has 1 aromatic carbocycles. The van der Waals surface area contributed by atoms with E-state index in [1.807, 2.05) is 31.2 Å². The van der Waals surface area contributed by atoms with E-state index in [0.29, 0.717) is 29.8 Å². The second-order valence-corrected chi connectivity index (χ2v) is 5.18. The Balaban J connectivity index is 1.97.